The van der Waals surface area contributed by atoms with Crippen molar-refractivity contribution in [3.05, 3.63) is 29.8 Å². The minimum atomic E-state index is -0.143. The lowest BCUT2D eigenvalue weighted by Gasteiger charge is -2.30. The highest BCUT2D eigenvalue weighted by Crippen LogP contribution is 2.69. The number of hydrogen-bond acceptors (Lipinski definition) is 3. The van der Waals surface area contributed by atoms with E-state index in [1.807, 2.05) is 12.1 Å². The second kappa shape index (κ2) is 6.10. The molecule has 1 saturated heterocycles. The molecular weight excluding hydrogens is 312 g/mol. The standard InChI is InChI=1S/C21H28N2O2/c24-16-7-9-23(10-8-16)12-15-3-1-2-4-17(15)22-21(25)20-18-13-5-6-14(11-13)19(18)20/h1-4,13-14,16,18-20,24H,5-12H2,(H,22,25). The van der Waals surface area contributed by atoms with Gasteiger partial charge in [0.2, 0.25) is 5.91 Å². The zero-order valence-electron chi connectivity index (χ0n) is 14.7. The fourth-order valence-corrected chi connectivity index (χ4v) is 5.99. The van der Waals surface area contributed by atoms with Crippen molar-refractivity contribution in [2.45, 2.75) is 44.8 Å². The molecule has 0 radical (unpaired) electrons. The number of rotatable bonds is 4. The number of anilines is 1. The van der Waals surface area contributed by atoms with Gasteiger partial charge in [-0.3, -0.25) is 9.69 Å². The zero-order chi connectivity index (χ0) is 17.0. The summed E-state index contributed by atoms with van der Waals surface area (Å²) in [6.45, 7) is 2.71. The maximum Gasteiger partial charge on any atom is 0.228 e. The third-order valence-corrected chi connectivity index (χ3v) is 7.26. The van der Waals surface area contributed by atoms with Crippen LogP contribution in [0.1, 0.15) is 37.7 Å². The van der Waals surface area contributed by atoms with Gasteiger partial charge in [-0.05, 0) is 67.4 Å². The van der Waals surface area contributed by atoms with E-state index in [1.54, 1.807) is 0 Å². The molecule has 5 rings (SSSR count). The molecule has 1 aromatic carbocycles. The molecule has 4 fully saturated rings. The highest BCUT2D eigenvalue weighted by molar-refractivity contribution is 5.95. The van der Waals surface area contributed by atoms with Gasteiger partial charge in [0.15, 0.2) is 0 Å². The van der Waals surface area contributed by atoms with E-state index in [4.69, 9.17) is 0 Å². The molecule has 4 unspecified atom stereocenters. The lowest BCUT2D eigenvalue weighted by atomic mass is 10.0. The van der Waals surface area contributed by atoms with E-state index in [0.717, 1.165) is 50.0 Å². The molecule has 4 atom stereocenters. The monoisotopic (exact) mass is 340 g/mol. The largest absolute Gasteiger partial charge is 0.393 e. The fourth-order valence-electron chi connectivity index (χ4n) is 5.99. The van der Waals surface area contributed by atoms with Crippen molar-refractivity contribution in [3.8, 4) is 0 Å². The number of amides is 1. The lowest BCUT2D eigenvalue weighted by molar-refractivity contribution is -0.118. The maximum absolute atomic E-state index is 12.8. The highest BCUT2D eigenvalue weighted by atomic mass is 16.3. The number of nitrogens with zero attached hydrogens (tertiary/aromatic N) is 1. The first-order chi connectivity index (χ1) is 12.2. The molecule has 3 aliphatic carbocycles. The average molecular weight is 340 g/mol. The Balaban J connectivity index is 1.25. The Kier molecular flexibility index (Phi) is 3.86. The summed E-state index contributed by atoms with van der Waals surface area (Å²) in [4.78, 5) is 15.2. The summed E-state index contributed by atoms with van der Waals surface area (Å²) in [6.07, 6.45) is 5.65. The molecule has 1 amide bonds. The van der Waals surface area contributed by atoms with Gasteiger partial charge in [-0.25, -0.2) is 0 Å². The van der Waals surface area contributed by atoms with E-state index in [9.17, 15) is 9.90 Å². The second-order valence-electron chi connectivity index (χ2n) is 8.67. The molecule has 1 aliphatic heterocycles. The van der Waals surface area contributed by atoms with Crippen molar-refractivity contribution in [2.24, 2.45) is 29.6 Å². The molecule has 25 heavy (non-hydrogen) atoms. The van der Waals surface area contributed by atoms with Gasteiger partial charge in [0.05, 0.1) is 6.10 Å². The highest BCUT2D eigenvalue weighted by Gasteiger charge is 2.67. The topological polar surface area (TPSA) is 52.6 Å². The zero-order valence-corrected chi connectivity index (χ0v) is 14.7. The van der Waals surface area contributed by atoms with Crippen LogP contribution in [0.5, 0.6) is 0 Å². The normalized spacial score (nSPS) is 37.1. The second-order valence-corrected chi connectivity index (χ2v) is 8.67. The predicted octanol–water partition coefficient (Wildman–Crippen LogP) is 2.87. The van der Waals surface area contributed by atoms with Gasteiger partial charge in [0.25, 0.3) is 0 Å². The number of hydrogen-bond donors (Lipinski definition) is 2. The van der Waals surface area contributed by atoms with Crippen molar-refractivity contribution in [2.75, 3.05) is 18.4 Å². The van der Waals surface area contributed by atoms with Crippen LogP contribution in [0.2, 0.25) is 0 Å². The maximum atomic E-state index is 12.8. The van der Waals surface area contributed by atoms with Crippen LogP contribution >= 0.6 is 0 Å². The number of fused-ring (bicyclic) bond motifs is 5. The van der Waals surface area contributed by atoms with Crippen LogP contribution in [-0.4, -0.2) is 35.1 Å². The Bertz CT molecular complexity index is 652. The van der Waals surface area contributed by atoms with Gasteiger partial charge in [-0.15, -0.1) is 0 Å². The van der Waals surface area contributed by atoms with E-state index in [2.05, 4.69) is 22.3 Å². The summed E-state index contributed by atoms with van der Waals surface area (Å²) in [6, 6.07) is 8.23. The Morgan fingerprint density at radius 3 is 2.48 bits per heavy atom. The van der Waals surface area contributed by atoms with E-state index in [0.29, 0.717) is 11.8 Å². The summed E-state index contributed by atoms with van der Waals surface area (Å²) in [5, 5.41) is 12.9. The molecule has 1 heterocycles. The first-order valence-electron chi connectivity index (χ1n) is 10.00. The Hall–Kier alpha value is -1.39. The van der Waals surface area contributed by atoms with Gasteiger partial charge in [0.1, 0.15) is 0 Å². The predicted molar refractivity (Wildman–Crippen MR) is 96.9 cm³/mol. The molecule has 0 spiro atoms. The number of para-hydroxylation sites is 1. The average Bonchev–Trinajstić information content (AvgIpc) is 3.07. The summed E-state index contributed by atoms with van der Waals surface area (Å²) in [5.74, 6) is 3.59. The van der Waals surface area contributed by atoms with E-state index >= 15 is 0 Å². The van der Waals surface area contributed by atoms with E-state index < -0.39 is 0 Å². The van der Waals surface area contributed by atoms with Crippen LogP contribution < -0.4 is 5.32 Å². The van der Waals surface area contributed by atoms with Crippen LogP contribution in [0.4, 0.5) is 5.69 Å². The number of benzene rings is 1. The smallest absolute Gasteiger partial charge is 0.228 e. The SMILES string of the molecule is O=C(Nc1ccccc1CN1CCC(O)CC1)C1C2C3CCC(C3)C12. The van der Waals surface area contributed by atoms with Crippen LogP contribution in [0.15, 0.2) is 24.3 Å². The molecule has 4 aliphatic rings. The summed E-state index contributed by atoms with van der Waals surface area (Å²) in [5.41, 5.74) is 2.18. The number of nitrogens with one attached hydrogen (secondary N) is 1. The molecule has 2 N–H and O–H groups in total. The van der Waals surface area contributed by atoms with Crippen molar-refractivity contribution in [3.63, 3.8) is 0 Å². The lowest BCUT2D eigenvalue weighted by Crippen LogP contribution is -2.35. The van der Waals surface area contributed by atoms with Crippen molar-refractivity contribution >= 4 is 11.6 Å². The van der Waals surface area contributed by atoms with Gasteiger partial charge in [0, 0.05) is 31.2 Å². The molecule has 134 valence electrons. The minimum absolute atomic E-state index is 0.143. The molecule has 3 saturated carbocycles. The summed E-state index contributed by atoms with van der Waals surface area (Å²) in [7, 11) is 0. The van der Waals surface area contributed by atoms with Gasteiger partial charge < -0.3 is 10.4 Å². The third-order valence-electron chi connectivity index (χ3n) is 7.26. The first kappa shape index (κ1) is 15.8. The molecule has 4 heteroatoms. The third kappa shape index (κ3) is 2.80. The van der Waals surface area contributed by atoms with Gasteiger partial charge in [-0.2, -0.15) is 0 Å². The van der Waals surface area contributed by atoms with Crippen LogP contribution in [0.25, 0.3) is 0 Å². The number of carbonyl (C=O) groups excluding carboxylic acids is 1. The number of aliphatic hydroxyl groups excluding tert-OH is 1. The summed E-state index contributed by atoms with van der Waals surface area (Å²) >= 11 is 0. The molecule has 0 aromatic heterocycles. The number of piperidine rings is 1. The Morgan fingerprint density at radius 2 is 1.76 bits per heavy atom. The van der Waals surface area contributed by atoms with Gasteiger partial charge in [-0.1, -0.05) is 18.2 Å². The van der Waals surface area contributed by atoms with E-state index in [1.165, 1.54) is 24.8 Å². The summed E-state index contributed by atoms with van der Waals surface area (Å²) < 4.78 is 0. The Labute approximate surface area is 149 Å². The molecule has 1 aromatic rings. The molecule has 4 nitrogen and oxygen atoms in total. The van der Waals surface area contributed by atoms with Crippen LogP contribution in [0, 0.1) is 29.6 Å². The molecular formula is C21H28N2O2. The van der Waals surface area contributed by atoms with Crippen LogP contribution in [-0.2, 0) is 11.3 Å². The number of carbonyl (C=O) groups is 1. The minimum Gasteiger partial charge on any atom is -0.393 e. The van der Waals surface area contributed by atoms with Gasteiger partial charge >= 0.3 is 0 Å². The quantitative estimate of drug-likeness (QED) is 0.886. The fraction of sp³-hybridized carbons (Fsp3) is 0.667. The van der Waals surface area contributed by atoms with Crippen molar-refractivity contribution < 1.29 is 9.90 Å². The van der Waals surface area contributed by atoms with E-state index in [-0.39, 0.29) is 17.9 Å². The van der Waals surface area contributed by atoms with Crippen LogP contribution in [0.3, 0.4) is 0 Å². The van der Waals surface area contributed by atoms with Crippen molar-refractivity contribution in [1.82, 2.24) is 4.90 Å². The number of aliphatic hydroxyl groups is 1. The Morgan fingerprint density at radius 1 is 1.08 bits per heavy atom. The van der Waals surface area contributed by atoms with Crippen molar-refractivity contribution in [1.29, 1.82) is 0 Å². The first-order valence-corrected chi connectivity index (χ1v) is 10.00. The molecule has 2 bridgehead atoms. The number of likely N-dealkylation sites (tertiary alicyclic amines) is 1.